The third kappa shape index (κ3) is 37.1. The van der Waals surface area contributed by atoms with E-state index in [2.05, 4.69) is 47.4 Å². The second-order valence-corrected chi connectivity index (χ2v) is 42.4. The van der Waals surface area contributed by atoms with Crippen molar-refractivity contribution in [1.82, 2.24) is 0 Å². The van der Waals surface area contributed by atoms with Crippen LogP contribution in [0, 0.1) is 59.2 Å². The van der Waals surface area contributed by atoms with Crippen LogP contribution in [0.3, 0.4) is 0 Å². The first-order valence-corrected chi connectivity index (χ1v) is 47.8. The van der Waals surface area contributed by atoms with Crippen molar-refractivity contribution in [3.8, 4) is 0 Å². The second-order valence-electron chi connectivity index (χ2n) is 26.9. The molecule has 10 N–H and O–H groups in total. The van der Waals surface area contributed by atoms with Crippen LogP contribution in [-0.2, 0) is 196 Å². The number of rotatable bonds is 59. The van der Waals surface area contributed by atoms with Gasteiger partial charge in [0.15, 0.2) is 66.1 Å². The number of esters is 10. The maximum atomic E-state index is 15.1. The first-order valence-electron chi connectivity index (χ1n) is 33.4. The van der Waals surface area contributed by atoms with E-state index in [0.717, 1.165) is 0 Å². The van der Waals surface area contributed by atoms with Crippen molar-refractivity contribution in [2.24, 2.45) is 59.2 Å². The van der Waals surface area contributed by atoms with Crippen LogP contribution in [0.2, 0.25) is 0 Å². The van der Waals surface area contributed by atoms with Crippen LogP contribution in [-0.4, -0.2) is 308 Å². The van der Waals surface area contributed by atoms with Gasteiger partial charge in [-0.25, -0.2) is 0 Å². The SMILES string of the molecule is CCC(CC(CC(CC(CC(CC(CC(CC(CC(CC(C)C(=O)OCC(F)(F)S(=O)(=O)O)C(=O)OCC(F)(F)S(=O)(=O)O)C(=O)OCC(F)(F)S(=O)(=O)O)C(=O)OCC(F)(F)S(=O)(=O)O)C(=O)OCC(F)(F)S(=O)(=O)O)C(=O)OCC(F)(F)S(=O)(=O)O)C(=O)OCC(F)(F)S(=O)(=O)O)C(=O)OCC(F)(F)S(=O)(=O)O)C(=O)OCC(F)(F)S(=O)(=O)O)C(=O)OCC(F)(F)S(=O)(=O)O. The summed E-state index contributed by atoms with van der Waals surface area (Å²) in [6.45, 7) is -31.4. The summed E-state index contributed by atoms with van der Waals surface area (Å²) >= 11 is 0. The molecule has 0 radical (unpaired) electrons. The van der Waals surface area contributed by atoms with Gasteiger partial charge in [-0.1, -0.05) is 13.8 Å². The van der Waals surface area contributed by atoms with E-state index in [4.69, 9.17) is 27.3 Å². The fourth-order valence-corrected chi connectivity index (χ4v) is 11.6. The van der Waals surface area contributed by atoms with Crippen LogP contribution >= 0.6 is 0 Å². The lowest BCUT2D eigenvalue weighted by Gasteiger charge is -2.30. The molecule has 0 aromatic carbocycles. The normalized spacial score (nSPS) is 16.3. The van der Waals surface area contributed by atoms with Gasteiger partial charge < -0.3 is 47.4 Å². The standard InChI is InChI=1S/C52H66F20O50S10/c1-3-24(34(74)114-14-44(55,56)124(86,87)88)5-26(36(76)116-16-46(59,60)126(92,93)94)7-28(38(78)118-18-48(63,64)128(98,99)100)9-30(40(80)120-20-50(67,68)130(104,105)106)11-32(42(82)122-22-52(71,72)132(110,111)112)12-31(41(81)121-21-51(69,70)131(107,108)109)10-29(39(79)119-19-49(65,66)129(101,102)103)8-27(37(77)117-17-47(61,62)127(95,96)97)6-25(35(75)115-15-45(57,58)125(89,90)91)4-23(2)33(73)113-13-43(53,54)123(83,84)85/h23-32H,3-22H2,1-2H3,(H,83,84,85)(H,86,87,88)(H,89,90,91)(H,92,93,94)(H,95,96,97)(H,98,99,100)(H,101,102,103)(H,104,105,106)(H,107,108,109)(H,110,111,112). The number of hydrogen-bond donors (Lipinski definition) is 10. The fourth-order valence-electron chi connectivity index (χ4n) is 9.51. The Morgan fingerprint density at radius 3 is 0.386 bits per heavy atom. The molecule has 0 saturated heterocycles. The molecular weight excluding hydrogens is 2130 g/mol. The Morgan fingerprint density at radius 2 is 0.280 bits per heavy atom. The predicted molar refractivity (Wildman–Crippen MR) is 367 cm³/mol. The van der Waals surface area contributed by atoms with Gasteiger partial charge >= 0.3 is 213 Å². The first-order chi connectivity index (χ1) is 58.3. The van der Waals surface area contributed by atoms with E-state index in [1.54, 1.807) is 0 Å². The van der Waals surface area contributed by atoms with E-state index in [-0.39, 0.29) is 6.92 Å². The summed E-state index contributed by atoms with van der Waals surface area (Å²) in [7, 11) is -70.1. The Hall–Kier alpha value is -7.60. The minimum absolute atomic E-state index is 0.211. The zero-order chi connectivity index (χ0) is 105. The minimum atomic E-state index is -7.20. The van der Waals surface area contributed by atoms with E-state index in [1.165, 1.54) is 0 Å². The van der Waals surface area contributed by atoms with Crippen molar-refractivity contribution in [1.29, 1.82) is 0 Å². The molecule has 0 bridgehead atoms. The van der Waals surface area contributed by atoms with Gasteiger partial charge in [0, 0.05) is 0 Å². The van der Waals surface area contributed by atoms with E-state index >= 15 is 35.1 Å². The Labute approximate surface area is 726 Å². The molecule has 0 aromatic heterocycles. The predicted octanol–water partition coefficient (Wildman–Crippen LogP) is 1.33. The molecule has 774 valence electrons. The van der Waals surface area contributed by atoms with Crippen LogP contribution in [0.5, 0.6) is 0 Å². The van der Waals surface area contributed by atoms with E-state index < -0.39 is 403 Å². The summed E-state index contributed by atoms with van der Waals surface area (Å²) in [4.78, 5) is 140. The van der Waals surface area contributed by atoms with E-state index in [9.17, 15) is 203 Å². The van der Waals surface area contributed by atoms with E-state index in [0.29, 0.717) is 6.92 Å². The van der Waals surface area contributed by atoms with Crippen LogP contribution in [0.1, 0.15) is 78.1 Å². The highest BCUT2D eigenvalue weighted by atomic mass is 32.3. The highest BCUT2D eigenvalue weighted by molar-refractivity contribution is 7.89. The van der Waals surface area contributed by atoms with Crippen molar-refractivity contribution in [2.45, 2.75) is 131 Å². The highest BCUT2D eigenvalue weighted by Gasteiger charge is 2.57. The third-order valence-corrected chi connectivity index (χ3v) is 25.4. The van der Waals surface area contributed by atoms with Crippen LogP contribution in [0.4, 0.5) is 87.8 Å². The minimum Gasteiger partial charge on any atom is -0.458 e. The third-order valence-electron chi connectivity index (χ3n) is 16.7. The molecule has 0 rings (SSSR count). The van der Waals surface area contributed by atoms with Gasteiger partial charge in [0.2, 0.25) is 0 Å². The van der Waals surface area contributed by atoms with Gasteiger partial charge in [0.1, 0.15) is 0 Å². The number of alkyl halides is 20. The average molecular weight is 2190 g/mol. The lowest BCUT2D eigenvalue weighted by Crippen LogP contribution is -2.41. The number of carbonyl (C=O) groups excluding carboxylic acids is 10. The second kappa shape index (κ2) is 45.1. The van der Waals surface area contributed by atoms with Crippen molar-refractivity contribution < 1.29 is 313 Å². The molecule has 0 aromatic rings. The zero-order valence-corrected chi connectivity index (χ0v) is 72.5. The molecule has 0 aliphatic heterocycles. The van der Waals surface area contributed by atoms with Crippen molar-refractivity contribution in [2.75, 3.05) is 66.1 Å². The lowest BCUT2D eigenvalue weighted by molar-refractivity contribution is -0.165. The molecule has 0 aliphatic rings. The summed E-state index contributed by atoms with van der Waals surface area (Å²) < 4.78 is 659. The number of hydrogen-bond acceptors (Lipinski definition) is 40. The quantitative estimate of drug-likeness (QED) is 0.0178. The van der Waals surface area contributed by atoms with Gasteiger partial charge in [-0.05, 0) is 64.2 Å². The molecule has 0 amide bonds. The molecule has 80 heteroatoms. The molecule has 10 atom stereocenters. The molecule has 0 spiro atoms. The Balaban J connectivity index is 10.7. The Morgan fingerprint density at radius 1 is 0.189 bits per heavy atom. The summed E-state index contributed by atoms with van der Waals surface area (Å²) in [5, 5.41) is -59.5. The van der Waals surface area contributed by atoms with Crippen molar-refractivity contribution in [3.05, 3.63) is 0 Å². The molecule has 0 fully saturated rings. The van der Waals surface area contributed by atoms with Gasteiger partial charge in [-0.3, -0.25) is 93.5 Å². The van der Waals surface area contributed by atoms with E-state index in [1.807, 2.05) is 0 Å². The van der Waals surface area contributed by atoms with Crippen LogP contribution in [0.15, 0.2) is 0 Å². The van der Waals surface area contributed by atoms with Crippen LogP contribution in [0.25, 0.3) is 0 Å². The Kier molecular flexibility index (Phi) is 42.5. The summed E-state index contributed by atoms with van der Waals surface area (Å²) in [5.74, 6) is -64.0. The average Bonchev–Trinajstić information content (AvgIpc) is 0.839. The number of carbonyl (C=O) groups is 10. The summed E-state index contributed by atoms with van der Waals surface area (Å²) in [6, 6.07) is 0. The largest absolute Gasteiger partial charge is 0.458 e. The number of ether oxygens (including phenoxy) is 10. The van der Waals surface area contributed by atoms with Gasteiger partial charge in [0.05, 0.1) is 59.2 Å². The summed E-state index contributed by atoms with van der Waals surface area (Å²) in [6.07, 6.45) is -23.9. The van der Waals surface area contributed by atoms with Crippen molar-refractivity contribution in [3.63, 3.8) is 0 Å². The number of halogens is 20. The first kappa shape index (κ1) is 124. The zero-order valence-electron chi connectivity index (χ0n) is 64.4. The van der Waals surface area contributed by atoms with Gasteiger partial charge in [-0.15, -0.1) is 0 Å². The van der Waals surface area contributed by atoms with Gasteiger partial charge in [0.25, 0.3) is 0 Å². The maximum Gasteiger partial charge on any atom is 0.402 e. The molecule has 0 saturated carbocycles. The fraction of sp³-hybridized carbons (Fsp3) is 0.808. The summed E-state index contributed by atoms with van der Waals surface area (Å²) in [5.41, 5.74) is 0. The molecule has 50 nitrogen and oxygen atoms in total. The smallest absolute Gasteiger partial charge is 0.402 e. The van der Waals surface area contributed by atoms with Gasteiger partial charge in [-0.2, -0.15) is 172 Å². The Bertz CT molecular complexity index is 5410. The lowest BCUT2D eigenvalue weighted by atomic mass is 9.76. The molecular formula is C52H66F20O50S10. The molecule has 10 unspecified atom stereocenters. The monoisotopic (exact) mass is 2190 g/mol. The molecule has 0 aliphatic carbocycles. The topological polar surface area (TPSA) is 807 Å². The maximum absolute atomic E-state index is 15.1. The van der Waals surface area contributed by atoms with Crippen LogP contribution < -0.4 is 0 Å². The molecule has 132 heavy (non-hydrogen) atoms. The molecule has 0 heterocycles. The highest BCUT2D eigenvalue weighted by Crippen LogP contribution is 2.41. The van der Waals surface area contributed by atoms with Crippen molar-refractivity contribution >= 4 is 161 Å².